The number of fused-ring (bicyclic) bond motifs is 1. The number of aryl methyl sites for hydroxylation is 1. The van der Waals surface area contributed by atoms with Crippen LogP contribution in [0.4, 0.5) is 26.3 Å². The third-order valence-corrected chi connectivity index (χ3v) is 6.94. The number of halogens is 6. The maximum atomic E-state index is 13.3. The summed E-state index contributed by atoms with van der Waals surface area (Å²) in [6.45, 7) is 1.56. The molecule has 0 bridgehead atoms. The Morgan fingerprint density at radius 3 is 2.09 bits per heavy atom. The number of nitrogens with one attached hydrogen (secondary N) is 1. The smallest absolute Gasteiger partial charge is 0.356 e. The van der Waals surface area contributed by atoms with E-state index in [1.165, 1.54) is 24.3 Å². The summed E-state index contributed by atoms with van der Waals surface area (Å²) < 4.78 is 129. The summed E-state index contributed by atoms with van der Waals surface area (Å²) in [5.74, 6) is -1.76. The highest BCUT2D eigenvalue weighted by Gasteiger charge is 2.53. The zero-order chi connectivity index (χ0) is 25.0. The molecule has 1 N–H and O–H groups in total. The van der Waals surface area contributed by atoms with Crippen LogP contribution in [0.15, 0.2) is 41.3 Å². The van der Waals surface area contributed by atoms with Crippen molar-refractivity contribution in [2.75, 3.05) is 0 Å². The van der Waals surface area contributed by atoms with Crippen molar-refractivity contribution in [3.05, 3.63) is 47.5 Å². The molecule has 176 valence electrons. The minimum absolute atomic E-state index is 0.146. The van der Waals surface area contributed by atoms with Gasteiger partial charge in [0.1, 0.15) is 4.90 Å². The van der Waals surface area contributed by atoms with E-state index in [9.17, 15) is 43.2 Å². The van der Waals surface area contributed by atoms with Gasteiger partial charge in [-0.2, -0.15) is 40.0 Å². The average Bonchev–Trinajstić information content (AvgIpc) is 3.02. The Kier molecular flexibility index (Phi) is 5.66. The Balaban J connectivity index is 2.34. The molecule has 0 aliphatic rings. The number of alkyl halides is 6. The second-order valence-corrected chi connectivity index (χ2v) is 10.0. The van der Waals surface area contributed by atoms with Crippen molar-refractivity contribution >= 4 is 30.9 Å². The number of aromatic amines is 1. The summed E-state index contributed by atoms with van der Waals surface area (Å²) in [4.78, 5) is 0.0446. The zero-order valence-corrected chi connectivity index (χ0v) is 17.7. The fourth-order valence-corrected chi connectivity index (χ4v) is 4.48. The van der Waals surface area contributed by atoms with Gasteiger partial charge in [0.25, 0.3) is 9.84 Å². The topological polar surface area (TPSA) is 117 Å². The summed E-state index contributed by atoms with van der Waals surface area (Å²) >= 11 is 0. The van der Waals surface area contributed by atoms with Crippen LogP contribution in [0.3, 0.4) is 0 Å². The minimum Gasteiger partial charge on any atom is -0.356 e. The van der Waals surface area contributed by atoms with Crippen LogP contribution in [0.2, 0.25) is 0 Å². The SMILES string of the molecule is Cc1cc(C#N)ccc1-c1ccc2[nH]c(OS(=O)(=O)C(F)(F)F)c(S(=O)(=O)C(F)(F)F)c2c1. The standard InChI is InChI=1S/C18H10F6N2O5S2/c1-9-6-10(8-25)2-4-12(9)11-3-5-14-13(7-11)15(32(27,28)17(19,20)21)16(26-14)31-33(29,30)18(22,23)24/h2-7,26H,1H3. The van der Waals surface area contributed by atoms with Crippen LogP contribution in [0, 0.1) is 18.3 Å². The van der Waals surface area contributed by atoms with Crippen molar-refractivity contribution in [2.24, 2.45) is 0 Å². The number of rotatable bonds is 4. The fraction of sp³-hybridized carbons (Fsp3) is 0.167. The lowest BCUT2D eigenvalue weighted by Gasteiger charge is -2.12. The molecule has 1 heterocycles. The molecular weight excluding hydrogens is 502 g/mol. The number of H-pyrrole nitrogens is 1. The van der Waals surface area contributed by atoms with E-state index in [0.717, 1.165) is 12.1 Å². The summed E-state index contributed by atoms with van der Waals surface area (Å²) in [5.41, 5.74) is -11.2. The lowest BCUT2D eigenvalue weighted by molar-refractivity contribution is -0.0502. The van der Waals surface area contributed by atoms with Crippen LogP contribution in [0.25, 0.3) is 22.0 Å². The highest BCUT2D eigenvalue weighted by molar-refractivity contribution is 7.92. The van der Waals surface area contributed by atoms with Crippen molar-refractivity contribution in [2.45, 2.75) is 22.8 Å². The fourth-order valence-electron chi connectivity index (χ4n) is 2.97. The van der Waals surface area contributed by atoms with Gasteiger partial charge in [0, 0.05) is 10.9 Å². The molecule has 0 spiro atoms. The van der Waals surface area contributed by atoms with Gasteiger partial charge in [-0.25, -0.2) is 8.42 Å². The van der Waals surface area contributed by atoms with Crippen molar-refractivity contribution in [1.29, 1.82) is 5.26 Å². The molecule has 3 rings (SSSR count). The van der Waals surface area contributed by atoms with Crippen molar-refractivity contribution in [1.82, 2.24) is 4.98 Å². The summed E-state index contributed by atoms with van der Waals surface area (Å²) in [6.07, 6.45) is 0. The largest absolute Gasteiger partial charge is 0.534 e. The predicted octanol–water partition coefficient (Wildman–Crippen LogP) is 4.54. The van der Waals surface area contributed by atoms with Crippen LogP contribution >= 0.6 is 0 Å². The Labute approximate surface area is 182 Å². The van der Waals surface area contributed by atoms with Gasteiger partial charge in [0.05, 0.1) is 11.6 Å². The van der Waals surface area contributed by atoms with Gasteiger partial charge in [-0.1, -0.05) is 12.1 Å². The zero-order valence-electron chi connectivity index (χ0n) is 16.0. The van der Waals surface area contributed by atoms with E-state index >= 15 is 0 Å². The van der Waals surface area contributed by atoms with Gasteiger partial charge >= 0.3 is 21.1 Å². The Morgan fingerprint density at radius 1 is 0.939 bits per heavy atom. The van der Waals surface area contributed by atoms with Gasteiger partial charge in [0.15, 0.2) is 0 Å². The Hall–Kier alpha value is -3.25. The predicted molar refractivity (Wildman–Crippen MR) is 102 cm³/mol. The number of nitriles is 1. The maximum absolute atomic E-state index is 13.3. The van der Waals surface area contributed by atoms with E-state index < -0.39 is 52.7 Å². The second-order valence-electron chi connectivity index (χ2n) is 6.62. The first-order chi connectivity index (χ1) is 15.0. The molecule has 0 unspecified atom stereocenters. The molecule has 15 heteroatoms. The normalized spacial score (nSPS) is 13.2. The van der Waals surface area contributed by atoms with Crippen LogP contribution in [-0.4, -0.2) is 32.8 Å². The van der Waals surface area contributed by atoms with Gasteiger partial charge in [0.2, 0.25) is 5.88 Å². The molecule has 0 atom stereocenters. The average molecular weight is 512 g/mol. The molecule has 7 nitrogen and oxygen atoms in total. The minimum atomic E-state index is -6.50. The van der Waals surface area contributed by atoms with E-state index in [0.29, 0.717) is 11.1 Å². The van der Waals surface area contributed by atoms with E-state index in [1.807, 2.05) is 11.1 Å². The number of hydrogen-bond donors (Lipinski definition) is 1. The van der Waals surface area contributed by atoms with Gasteiger partial charge in [-0.15, -0.1) is 0 Å². The van der Waals surface area contributed by atoms with Gasteiger partial charge in [-0.3, -0.25) is 0 Å². The molecule has 2 aromatic carbocycles. The van der Waals surface area contributed by atoms with Crippen LogP contribution in [0.1, 0.15) is 11.1 Å². The molecule has 33 heavy (non-hydrogen) atoms. The number of hydrogen-bond acceptors (Lipinski definition) is 6. The number of nitrogens with zero attached hydrogens (tertiary/aromatic N) is 1. The monoisotopic (exact) mass is 512 g/mol. The number of aromatic nitrogens is 1. The molecule has 1 aromatic heterocycles. The maximum Gasteiger partial charge on any atom is 0.534 e. The van der Waals surface area contributed by atoms with Crippen molar-refractivity contribution < 1.29 is 47.4 Å². The third kappa shape index (κ3) is 4.23. The molecule has 0 aliphatic carbocycles. The van der Waals surface area contributed by atoms with Crippen molar-refractivity contribution in [3.63, 3.8) is 0 Å². The first-order valence-electron chi connectivity index (χ1n) is 8.48. The lowest BCUT2D eigenvalue weighted by Crippen LogP contribution is -2.29. The molecular formula is C18H10F6N2O5S2. The van der Waals surface area contributed by atoms with E-state index in [2.05, 4.69) is 4.18 Å². The first kappa shape index (κ1) is 24.4. The van der Waals surface area contributed by atoms with Gasteiger partial charge < -0.3 is 9.17 Å². The van der Waals surface area contributed by atoms with E-state index in [1.54, 1.807) is 6.92 Å². The number of sulfone groups is 1. The van der Waals surface area contributed by atoms with Crippen LogP contribution < -0.4 is 4.18 Å². The lowest BCUT2D eigenvalue weighted by atomic mass is 9.98. The highest BCUT2D eigenvalue weighted by atomic mass is 32.2. The first-order valence-corrected chi connectivity index (χ1v) is 11.4. The van der Waals surface area contributed by atoms with Crippen molar-refractivity contribution in [3.8, 4) is 23.1 Å². The molecule has 0 amide bonds. The Bertz CT molecular complexity index is 1510. The number of benzene rings is 2. The van der Waals surface area contributed by atoms with E-state index in [4.69, 9.17) is 5.26 Å². The molecule has 0 aliphatic heterocycles. The quantitative estimate of drug-likeness (QED) is 0.312. The van der Waals surface area contributed by atoms with Gasteiger partial charge in [-0.05, 0) is 47.9 Å². The second kappa shape index (κ2) is 7.66. The molecule has 0 saturated carbocycles. The van der Waals surface area contributed by atoms with Crippen LogP contribution in [0.5, 0.6) is 5.88 Å². The summed E-state index contributed by atoms with van der Waals surface area (Å²) in [7, 11) is -12.9. The third-order valence-electron chi connectivity index (χ3n) is 4.44. The summed E-state index contributed by atoms with van der Waals surface area (Å²) in [6, 6.07) is 9.44. The molecule has 3 aromatic rings. The Morgan fingerprint density at radius 2 is 1.58 bits per heavy atom. The van der Waals surface area contributed by atoms with Crippen LogP contribution in [-0.2, 0) is 20.0 Å². The van der Waals surface area contributed by atoms with E-state index in [-0.39, 0.29) is 11.1 Å². The molecule has 0 radical (unpaired) electrons. The molecule has 0 saturated heterocycles. The molecule has 0 fully saturated rings. The highest BCUT2D eigenvalue weighted by Crippen LogP contribution is 2.43. The summed E-state index contributed by atoms with van der Waals surface area (Å²) in [5, 5.41) is 8.20.